The smallest absolute Gasteiger partial charge is 0.417 e. The summed E-state index contributed by atoms with van der Waals surface area (Å²) in [5, 5.41) is 0. The zero-order valence-corrected chi connectivity index (χ0v) is 20.8. The number of hydrogen-bond donors (Lipinski definition) is 0. The Morgan fingerprint density at radius 3 is 2.43 bits per heavy atom. The molecule has 1 heterocycles. The van der Waals surface area contributed by atoms with Crippen LogP contribution in [0.3, 0.4) is 0 Å². The fourth-order valence-corrected chi connectivity index (χ4v) is 3.58. The number of ketones is 1. The van der Waals surface area contributed by atoms with Gasteiger partial charge in [-0.1, -0.05) is 36.4 Å². The summed E-state index contributed by atoms with van der Waals surface area (Å²) >= 11 is 0. The molecule has 3 aromatic rings. The van der Waals surface area contributed by atoms with Gasteiger partial charge in [0, 0.05) is 24.6 Å². The Bertz CT molecular complexity index is 1230. The molecule has 1 unspecified atom stereocenters. The molecule has 0 aliphatic carbocycles. The van der Waals surface area contributed by atoms with Crippen LogP contribution in [0.4, 0.5) is 13.2 Å². The zero-order valence-electron chi connectivity index (χ0n) is 20.8. The Hall–Kier alpha value is -3.88. The van der Waals surface area contributed by atoms with Crippen LogP contribution in [0, 0.1) is 6.92 Å². The van der Waals surface area contributed by atoms with Crippen molar-refractivity contribution in [2.75, 3.05) is 13.7 Å². The number of pyridine rings is 1. The number of benzene rings is 2. The van der Waals surface area contributed by atoms with Gasteiger partial charge in [-0.3, -0.25) is 9.59 Å². The molecular formula is C28H28F3NO5. The number of rotatable bonds is 11. The molecule has 0 amide bonds. The van der Waals surface area contributed by atoms with Crippen LogP contribution < -0.4 is 9.47 Å². The van der Waals surface area contributed by atoms with E-state index < -0.39 is 23.6 Å². The quantitative estimate of drug-likeness (QED) is 0.231. The Morgan fingerprint density at radius 1 is 1.05 bits per heavy atom. The molecule has 0 spiro atoms. The summed E-state index contributed by atoms with van der Waals surface area (Å²) in [5.74, 6) is -0.412. The molecule has 3 rings (SSSR count). The van der Waals surface area contributed by atoms with Crippen molar-refractivity contribution in [3.8, 4) is 11.6 Å². The third-order valence-corrected chi connectivity index (χ3v) is 5.71. The Morgan fingerprint density at radius 2 is 1.78 bits per heavy atom. The number of aryl methyl sites for hydroxylation is 2. The highest BCUT2D eigenvalue weighted by Crippen LogP contribution is 2.32. The number of alkyl halides is 3. The molecule has 0 bridgehead atoms. The van der Waals surface area contributed by atoms with Gasteiger partial charge in [0.1, 0.15) is 11.9 Å². The molecule has 0 saturated carbocycles. The predicted octanol–water partition coefficient (Wildman–Crippen LogP) is 5.98. The molecule has 1 aromatic heterocycles. The van der Waals surface area contributed by atoms with Gasteiger partial charge in [-0.05, 0) is 49.6 Å². The van der Waals surface area contributed by atoms with Gasteiger partial charge < -0.3 is 14.2 Å². The molecule has 6 nitrogen and oxygen atoms in total. The van der Waals surface area contributed by atoms with E-state index in [1.165, 1.54) is 19.2 Å². The lowest BCUT2D eigenvalue weighted by Crippen LogP contribution is -2.19. The second-order valence-corrected chi connectivity index (χ2v) is 8.50. The maximum absolute atomic E-state index is 13.3. The van der Waals surface area contributed by atoms with Gasteiger partial charge in [0.25, 0.3) is 0 Å². The van der Waals surface area contributed by atoms with Crippen molar-refractivity contribution >= 4 is 11.8 Å². The van der Waals surface area contributed by atoms with Crippen molar-refractivity contribution in [2.24, 2.45) is 0 Å². The average Bonchev–Trinajstić information content (AvgIpc) is 2.87. The van der Waals surface area contributed by atoms with Crippen LogP contribution in [0.15, 0.2) is 60.8 Å². The third kappa shape index (κ3) is 7.80. The van der Waals surface area contributed by atoms with Crippen LogP contribution in [0.1, 0.15) is 52.4 Å². The first-order valence-electron chi connectivity index (χ1n) is 11.7. The van der Waals surface area contributed by atoms with E-state index in [2.05, 4.69) is 9.72 Å². The van der Waals surface area contributed by atoms with E-state index in [-0.39, 0.29) is 29.6 Å². The highest BCUT2D eigenvalue weighted by Gasteiger charge is 2.33. The summed E-state index contributed by atoms with van der Waals surface area (Å²) in [5.41, 5.74) is 0.935. The van der Waals surface area contributed by atoms with E-state index in [1.807, 2.05) is 19.1 Å². The van der Waals surface area contributed by atoms with Gasteiger partial charge in [-0.15, -0.1) is 0 Å². The third-order valence-electron chi connectivity index (χ3n) is 5.71. The second kappa shape index (κ2) is 12.4. The van der Waals surface area contributed by atoms with E-state index in [9.17, 15) is 22.8 Å². The summed E-state index contributed by atoms with van der Waals surface area (Å²) in [6.45, 7) is 3.91. The molecule has 0 fully saturated rings. The number of carbonyl (C=O) groups is 2. The molecule has 9 heteroatoms. The summed E-state index contributed by atoms with van der Waals surface area (Å²) in [6.07, 6.45) is -3.24. The molecule has 2 aromatic carbocycles. The minimum Gasteiger partial charge on any atom is -0.493 e. The zero-order chi connectivity index (χ0) is 27.0. The molecule has 0 aliphatic rings. The standard InChI is InChI=1S/C28H28F3NO5/c1-18-15-23(11-9-20(18)10-12-25(33)35-3)36-14-13-19(2)37-27-24(16-22(17-32-27)28(29,30)31)26(34)21-7-5-4-6-8-21/h4-9,11,15-17,19H,10,12-14H2,1-3H3. The van der Waals surface area contributed by atoms with Crippen LogP contribution in [-0.4, -0.2) is 36.6 Å². The number of halogens is 3. The summed E-state index contributed by atoms with van der Waals surface area (Å²) in [7, 11) is 1.35. The predicted molar refractivity (Wildman–Crippen MR) is 131 cm³/mol. The molecule has 1 atom stereocenters. The van der Waals surface area contributed by atoms with Gasteiger partial charge in [0.05, 0.1) is 24.8 Å². The van der Waals surface area contributed by atoms with Crippen molar-refractivity contribution in [1.29, 1.82) is 0 Å². The van der Waals surface area contributed by atoms with Crippen molar-refractivity contribution in [1.82, 2.24) is 4.98 Å². The fraction of sp³-hybridized carbons (Fsp3) is 0.321. The first-order valence-corrected chi connectivity index (χ1v) is 11.7. The Balaban J connectivity index is 1.64. The van der Waals surface area contributed by atoms with Crippen LogP contribution in [-0.2, 0) is 22.1 Å². The monoisotopic (exact) mass is 515 g/mol. The van der Waals surface area contributed by atoms with Gasteiger partial charge in [0.2, 0.25) is 5.88 Å². The van der Waals surface area contributed by atoms with Gasteiger partial charge in [-0.2, -0.15) is 13.2 Å². The van der Waals surface area contributed by atoms with E-state index in [1.54, 1.807) is 31.2 Å². The second-order valence-electron chi connectivity index (χ2n) is 8.50. The number of carbonyl (C=O) groups excluding carboxylic acids is 2. The maximum atomic E-state index is 13.3. The lowest BCUT2D eigenvalue weighted by Gasteiger charge is -2.18. The van der Waals surface area contributed by atoms with Gasteiger partial charge in [-0.25, -0.2) is 4.98 Å². The normalized spacial score (nSPS) is 12.1. The summed E-state index contributed by atoms with van der Waals surface area (Å²) < 4.78 is 56.1. The van der Waals surface area contributed by atoms with Crippen LogP contribution in [0.5, 0.6) is 11.6 Å². The van der Waals surface area contributed by atoms with Crippen LogP contribution in [0.25, 0.3) is 0 Å². The lowest BCUT2D eigenvalue weighted by atomic mass is 10.0. The highest BCUT2D eigenvalue weighted by atomic mass is 19.4. The van der Waals surface area contributed by atoms with E-state index in [4.69, 9.17) is 9.47 Å². The van der Waals surface area contributed by atoms with Crippen molar-refractivity contribution in [2.45, 2.75) is 45.4 Å². The maximum Gasteiger partial charge on any atom is 0.417 e. The number of aromatic nitrogens is 1. The first-order chi connectivity index (χ1) is 17.6. The Kier molecular flexibility index (Phi) is 9.27. The van der Waals surface area contributed by atoms with Crippen LogP contribution in [0.2, 0.25) is 0 Å². The largest absolute Gasteiger partial charge is 0.493 e. The van der Waals surface area contributed by atoms with Gasteiger partial charge >= 0.3 is 12.1 Å². The number of nitrogens with zero attached hydrogens (tertiary/aromatic N) is 1. The number of methoxy groups -OCH3 is 1. The average molecular weight is 516 g/mol. The van der Waals surface area contributed by atoms with Crippen molar-refractivity contribution in [3.63, 3.8) is 0 Å². The molecule has 0 radical (unpaired) electrons. The lowest BCUT2D eigenvalue weighted by molar-refractivity contribution is -0.140. The molecule has 0 saturated heterocycles. The van der Waals surface area contributed by atoms with Crippen molar-refractivity contribution < 1.29 is 37.0 Å². The number of hydrogen-bond acceptors (Lipinski definition) is 6. The molecule has 0 N–H and O–H groups in total. The highest BCUT2D eigenvalue weighted by molar-refractivity contribution is 6.10. The molecular weight excluding hydrogens is 487 g/mol. The summed E-state index contributed by atoms with van der Waals surface area (Å²) in [6, 6.07) is 14.3. The van der Waals surface area contributed by atoms with Crippen molar-refractivity contribution in [3.05, 3.63) is 88.6 Å². The van der Waals surface area contributed by atoms with Crippen LogP contribution >= 0.6 is 0 Å². The minimum absolute atomic E-state index is 0.167. The topological polar surface area (TPSA) is 74.7 Å². The van der Waals surface area contributed by atoms with E-state index >= 15 is 0 Å². The van der Waals surface area contributed by atoms with E-state index in [0.29, 0.717) is 31.2 Å². The Labute approximate surface area is 213 Å². The number of esters is 1. The number of ether oxygens (including phenoxy) is 3. The SMILES string of the molecule is COC(=O)CCc1ccc(OCCC(C)Oc2ncc(C(F)(F)F)cc2C(=O)c2ccccc2)cc1C. The molecule has 0 aliphatic heterocycles. The van der Waals surface area contributed by atoms with E-state index in [0.717, 1.165) is 17.2 Å². The van der Waals surface area contributed by atoms with Gasteiger partial charge in [0.15, 0.2) is 5.78 Å². The molecule has 37 heavy (non-hydrogen) atoms. The fourth-order valence-electron chi connectivity index (χ4n) is 3.58. The summed E-state index contributed by atoms with van der Waals surface area (Å²) in [4.78, 5) is 28.1. The molecule has 196 valence electrons. The minimum atomic E-state index is -4.65. The first kappa shape index (κ1) is 27.7.